The third-order valence-electron chi connectivity index (χ3n) is 3.53. The number of rotatable bonds is 8. The van der Waals surface area contributed by atoms with Crippen LogP contribution < -0.4 is 5.32 Å². The maximum absolute atomic E-state index is 4.47. The van der Waals surface area contributed by atoms with E-state index in [9.17, 15) is 0 Å². The van der Waals surface area contributed by atoms with Crippen LogP contribution in [0.4, 0.5) is 0 Å². The summed E-state index contributed by atoms with van der Waals surface area (Å²) in [6, 6.07) is 0.325. The molecule has 1 atom stereocenters. The molecule has 4 nitrogen and oxygen atoms in total. The summed E-state index contributed by atoms with van der Waals surface area (Å²) in [7, 11) is 0. The van der Waals surface area contributed by atoms with Gasteiger partial charge in [0.15, 0.2) is 0 Å². The SMILES string of the molecule is CCCNC(Cc1ncnn1CC(C)C)c1cscc1C. The summed E-state index contributed by atoms with van der Waals surface area (Å²) in [5.41, 5.74) is 2.76. The van der Waals surface area contributed by atoms with Gasteiger partial charge in [-0.1, -0.05) is 20.8 Å². The smallest absolute Gasteiger partial charge is 0.138 e. The highest BCUT2D eigenvalue weighted by Crippen LogP contribution is 2.24. The molecule has 0 aliphatic carbocycles. The number of hydrogen-bond donors (Lipinski definition) is 1. The van der Waals surface area contributed by atoms with Crippen molar-refractivity contribution in [3.63, 3.8) is 0 Å². The monoisotopic (exact) mass is 306 g/mol. The zero-order valence-corrected chi connectivity index (χ0v) is 14.3. The summed E-state index contributed by atoms with van der Waals surface area (Å²) in [5.74, 6) is 1.65. The van der Waals surface area contributed by atoms with Gasteiger partial charge in [-0.2, -0.15) is 16.4 Å². The Balaban J connectivity index is 2.15. The Labute approximate surface area is 131 Å². The van der Waals surface area contributed by atoms with Gasteiger partial charge in [0, 0.05) is 19.0 Å². The molecule has 0 aliphatic rings. The Hall–Kier alpha value is -1.20. The van der Waals surface area contributed by atoms with Gasteiger partial charge in [0.1, 0.15) is 12.2 Å². The summed E-state index contributed by atoms with van der Waals surface area (Å²) in [6.45, 7) is 10.8. The zero-order valence-electron chi connectivity index (χ0n) is 13.5. The topological polar surface area (TPSA) is 42.7 Å². The van der Waals surface area contributed by atoms with Crippen molar-refractivity contribution in [3.8, 4) is 0 Å². The molecule has 0 saturated carbocycles. The van der Waals surface area contributed by atoms with Crippen molar-refractivity contribution >= 4 is 11.3 Å². The maximum atomic E-state index is 4.47. The first-order valence-corrected chi connectivity index (χ1v) is 8.68. The van der Waals surface area contributed by atoms with Gasteiger partial charge in [0.2, 0.25) is 0 Å². The van der Waals surface area contributed by atoms with Crippen molar-refractivity contribution in [1.82, 2.24) is 20.1 Å². The number of aromatic nitrogens is 3. The molecular formula is C16H26N4S. The van der Waals surface area contributed by atoms with Gasteiger partial charge < -0.3 is 5.32 Å². The third-order valence-corrected chi connectivity index (χ3v) is 4.41. The van der Waals surface area contributed by atoms with E-state index in [1.54, 1.807) is 17.7 Å². The van der Waals surface area contributed by atoms with E-state index in [1.807, 2.05) is 4.68 Å². The lowest BCUT2D eigenvalue weighted by molar-refractivity contribution is 0.443. The molecule has 2 aromatic rings. The van der Waals surface area contributed by atoms with Crippen molar-refractivity contribution in [2.24, 2.45) is 5.92 Å². The summed E-state index contributed by atoms with van der Waals surface area (Å²) in [5, 5.41) is 12.5. The Morgan fingerprint density at radius 1 is 1.33 bits per heavy atom. The van der Waals surface area contributed by atoms with Gasteiger partial charge in [-0.05, 0) is 47.7 Å². The van der Waals surface area contributed by atoms with Gasteiger partial charge in [-0.25, -0.2) is 9.67 Å². The van der Waals surface area contributed by atoms with Crippen LogP contribution in [0.1, 0.15) is 50.2 Å². The molecule has 0 radical (unpaired) electrons. The van der Waals surface area contributed by atoms with Crippen LogP contribution in [0.2, 0.25) is 0 Å². The molecule has 0 saturated heterocycles. The second kappa shape index (κ2) is 7.71. The highest BCUT2D eigenvalue weighted by molar-refractivity contribution is 7.08. The first-order valence-electron chi connectivity index (χ1n) is 7.74. The molecule has 2 rings (SSSR count). The molecular weight excluding hydrogens is 280 g/mol. The van der Waals surface area contributed by atoms with Crippen molar-refractivity contribution in [2.45, 2.75) is 53.1 Å². The number of hydrogen-bond acceptors (Lipinski definition) is 4. The van der Waals surface area contributed by atoms with Gasteiger partial charge in [0.05, 0.1) is 0 Å². The summed E-state index contributed by atoms with van der Waals surface area (Å²) < 4.78 is 2.05. The van der Waals surface area contributed by atoms with Crippen LogP contribution in [-0.2, 0) is 13.0 Å². The molecule has 5 heteroatoms. The fourth-order valence-corrected chi connectivity index (χ4v) is 3.37. The second-order valence-corrected chi connectivity index (χ2v) is 6.72. The number of nitrogens with one attached hydrogen (secondary N) is 1. The number of aryl methyl sites for hydroxylation is 1. The second-order valence-electron chi connectivity index (χ2n) is 5.97. The highest BCUT2D eigenvalue weighted by atomic mass is 32.1. The third kappa shape index (κ3) is 4.38. The van der Waals surface area contributed by atoms with E-state index in [-0.39, 0.29) is 0 Å². The summed E-state index contributed by atoms with van der Waals surface area (Å²) in [6.07, 6.45) is 3.71. The van der Waals surface area contributed by atoms with E-state index in [4.69, 9.17) is 0 Å². The van der Waals surface area contributed by atoms with E-state index in [1.165, 1.54) is 11.1 Å². The lowest BCUT2D eigenvalue weighted by atomic mass is 10.0. The van der Waals surface area contributed by atoms with Gasteiger partial charge in [0.25, 0.3) is 0 Å². The van der Waals surface area contributed by atoms with E-state index in [2.05, 4.69) is 53.9 Å². The van der Waals surface area contributed by atoms with Crippen molar-refractivity contribution in [2.75, 3.05) is 6.54 Å². The molecule has 0 spiro atoms. The summed E-state index contributed by atoms with van der Waals surface area (Å²) in [4.78, 5) is 4.47. The Morgan fingerprint density at radius 3 is 2.76 bits per heavy atom. The van der Waals surface area contributed by atoms with Crippen LogP contribution in [0.5, 0.6) is 0 Å². The lowest BCUT2D eigenvalue weighted by Crippen LogP contribution is -2.26. The molecule has 2 aromatic heterocycles. The average molecular weight is 306 g/mol. The minimum atomic E-state index is 0.325. The minimum Gasteiger partial charge on any atom is -0.310 e. The summed E-state index contributed by atoms with van der Waals surface area (Å²) >= 11 is 1.77. The van der Waals surface area contributed by atoms with E-state index >= 15 is 0 Å². The van der Waals surface area contributed by atoms with Crippen LogP contribution in [0.15, 0.2) is 17.1 Å². The number of nitrogens with zero attached hydrogens (tertiary/aromatic N) is 3. The van der Waals surface area contributed by atoms with Crippen molar-refractivity contribution in [3.05, 3.63) is 34.0 Å². The molecule has 21 heavy (non-hydrogen) atoms. The molecule has 0 aromatic carbocycles. The molecule has 0 fully saturated rings. The molecule has 2 heterocycles. The molecule has 0 aliphatic heterocycles. The van der Waals surface area contributed by atoms with Crippen LogP contribution in [-0.4, -0.2) is 21.3 Å². The van der Waals surface area contributed by atoms with E-state index in [0.717, 1.165) is 31.8 Å². The predicted octanol–water partition coefficient (Wildman–Crippen LogP) is 3.59. The van der Waals surface area contributed by atoms with Crippen LogP contribution >= 0.6 is 11.3 Å². The fourth-order valence-electron chi connectivity index (χ4n) is 2.47. The molecule has 0 amide bonds. The average Bonchev–Trinajstić information content (AvgIpc) is 3.03. The quantitative estimate of drug-likeness (QED) is 0.810. The standard InChI is InChI=1S/C16H26N4S/c1-5-6-17-15(14-10-21-9-13(14)4)7-16-18-11-19-20(16)8-12(2)3/h9-12,15,17H,5-8H2,1-4H3. The van der Waals surface area contributed by atoms with E-state index in [0.29, 0.717) is 12.0 Å². The largest absolute Gasteiger partial charge is 0.310 e. The fraction of sp³-hybridized carbons (Fsp3) is 0.625. The van der Waals surface area contributed by atoms with Gasteiger partial charge >= 0.3 is 0 Å². The molecule has 1 N–H and O–H groups in total. The van der Waals surface area contributed by atoms with Crippen molar-refractivity contribution in [1.29, 1.82) is 0 Å². The maximum Gasteiger partial charge on any atom is 0.138 e. The number of thiophene rings is 1. The normalized spacial score (nSPS) is 13.0. The molecule has 1 unspecified atom stereocenters. The van der Waals surface area contributed by atoms with Crippen molar-refractivity contribution < 1.29 is 0 Å². The Bertz CT molecular complexity index is 544. The van der Waals surface area contributed by atoms with Gasteiger partial charge in [-0.3, -0.25) is 0 Å². The first-order chi connectivity index (χ1) is 10.1. The predicted molar refractivity (Wildman–Crippen MR) is 88.7 cm³/mol. The molecule has 0 bridgehead atoms. The highest BCUT2D eigenvalue weighted by Gasteiger charge is 2.18. The van der Waals surface area contributed by atoms with Crippen LogP contribution in [0.25, 0.3) is 0 Å². The Morgan fingerprint density at radius 2 is 2.14 bits per heavy atom. The minimum absolute atomic E-state index is 0.325. The van der Waals surface area contributed by atoms with Gasteiger partial charge in [-0.15, -0.1) is 0 Å². The lowest BCUT2D eigenvalue weighted by Gasteiger charge is -2.19. The molecule has 116 valence electrons. The zero-order chi connectivity index (χ0) is 15.2. The van der Waals surface area contributed by atoms with Crippen LogP contribution in [0, 0.1) is 12.8 Å². The Kier molecular flexibility index (Phi) is 5.94. The van der Waals surface area contributed by atoms with Crippen LogP contribution in [0.3, 0.4) is 0 Å². The van der Waals surface area contributed by atoms with E-state index < -0.39 is 0 Å². The first kappa shape index (κ1) is 16.2.